The molecule has 5 nitrogen and oxygen atoms in total. The van der Waals surface area contributed by atoms with Crippen molar-refractivity contribution in [2.45, 2.75) is 6.04 Å². The molecule has 0 amide bonds. The van der Waals surface area contributed by atoms with Crippen LogP contribution < -0.4 is 10.5 Å². The van der Waals surface area contributed by atoms with Crippen LogP contribution in [0.4, 0.5) is 0 Å². The van der Waals surface area contributed by atoms with Crippen molar-refractivity contribution in [2.24, 2.45) is 5.73 Å². The van der Waals surface area contributed by atoms with E-state index in [-0.39, 0.29) is 5.75 Å². The summed E-state index contributed by atoms with van der Waals surface area (Å²) >= 11 is 3.97. The van der Waals surface area contributed by atoms with Gasteiger partial charge in [0.15, 0.2) is 0 Å². The molecular weight excluding hydrogens is 298 g/mol. The maximum atomic E-state index is 11.6. The number of carbonyl (C=O) groups excluding carboxylic acids is 1. The number of hydrogen-bond donors (Lipinski definition) is 3. The molecule has 1 aromatic carbocycles. The molecule has 22 heavy (non-hydrogen) atoms. The van der Waals surface area contributed by atoms with Gasteiger partial charge in [-0.2, -0.15) is 12.6 Å². The van der Waals surface area contributed by atoms with E-state index in [1.165, 1.54) is 0 Å². The van der Waals surface area contributed by atoms with Crippen LogP contribution in [0.2, 0.25) is 0 Å². The topological polar surface area (TPSA) is 81.0 Å². The minimum absolute atomic E-state index is 0.249. The number of hydrogen-bond acceptors (Lipinski definition) is 5. The third kappa shape index (κ3) is 2.98. The summed E-state index contributed by atoms with van der Waals surface area (Å²) in [6.07, 6.45) is 1.75. The fourth-order valence-electron chi connectivity index (χ4n) is 2.08. The van der Waals surface area contributed by atoms with Gasteiger partial charge in [0, 0.05) is 23.0 Å². The Bertz CT molecular complexity index is 766. The Kier molecular flexibility index (Phi) is 4.13. The molecule has 3 rings (SSSR count). The van der Waals surface area contributed by atoms with E-state index >= 15 is 0 Å². The lowest BCUT2D eigenvalue weighted by atomic mass is 10.1. The van der Waals surface area contributed by atoms with E-state index in [1.54, 1.807) is 18.3 Å². The number of benzene rings is 1. The number of ether oxygens (including phenoxy) is 1. The number of pyridine rings is 1. The largest absolute Gasteiger partial charge is 0.425 e. The van der Waals surface area contributed by atoms with Crippen LogP contribution in [0.1, 0.15) is 0 Å². The van der Waals surface area contributed by atoms with Crippen molar-refractivity contribution in [1.29, 1.82) is 0 Å². The summed E-state index contributed by atoms with van der Waals surface area (Å²) in [7, 11) is 0. The number of thiol groups is 1. The highest BCUT2D eigenvalue weighted by atomic mass is 32.1. The van der Waals surface area contributed by atoms with Crippen molar-refractivity contribution < 1.29 is 9.53 Å². The minimum Gasteiger partial charge on any atom is -0.425 e. The third-order valence-electron chi connectivity index (χ3n) is 3.28. The molecule has 1 atom stereocenters. The Morgan fingerprint density at radius 1 is 1.32 bits per heavy atom. The summed E-state index contributed by atoms with van der Waals surface area (Å²) < 4.78 is 5.18. The van der Waals surface area contributed by atoms with E-state index in [4.69, 9.17) is 10.5 Å². The second-order valence-electron chi connectivity index (χ2n) is 4.86. The molecule has 0 aliphatic carbocycles. The summed E-state index contributed by atoms with van der Waals surface area (Å²) in [6.45, 7) is 0. The van der Waals surface area contributed by atoms with Crippen LogP contribution in [-0.2, 0) is 4.79 Å². The molecule has 0 saturated heterocycles. The van der Waals surface area contributed by atoms with Crippen molar-refractivity contribution in [2.75, 3.05) is 5.75 Å². The lowest BCUT2D eigenvalue weighted by Crippen LogP contribution is -2.35. The van der Waals surface area contributed by atoms with Gasteiger partial charge in [-0.25, -0.2) is 9.78 Å². The molecule has 3 aromatic rings. The molecule has 0 unspecified atom stereocenters. The predicted molar refractivity (Wildman–Crippen MR) is 89.0 cm³/mol. The molecule has 2 aromatic heterocycles. The highest BCUT2D eigenvalue weighted by Gasteiger charge is 2.14. The first kappa shape index (κ1) is 14.6. The van der Waals surface area contributed by atoms with Crippen LogP contribution in [-0.4, -0.2) is 27.7 Å². The second kappa shape index (κ2) is 6.21. The molecule has 0 saturated carbocycles. The molecular formula is C16H15N3O2S. The molecule has 112 valence electrons. The number of carbonyl (C=O) groups is 1. The van der Waals surface area contributed by atoms with E-state index in [9.17, 15) is 4.79 Å². The number of esters is 1. The van der Waals surface area contributed by atoms with Crippen LogP contribution in [0.15, 0.2) is 48.7 Å². The predicted octanol–water partition coefficient (Wildman–Crippen LogP) is 2.39. The first-order chi connectivity index (χ1) is 10.7. The molecule has 0 fully saturated rings. The van der Waals surface area contributed by atoms with Gasteiger partial charge < -0.3 is 15.5 Å². The summed E-state index contributed by atoms with van der Waals surface area (Å²) in [5.74, 6) is 0.219. The van der Waals surface area contributed by atoms with E-state index < -0.39 is 12.0 Å². The van der Waals surface area contributed by atoms with Gasteiger partial charge in [0.25, 0.3) is 0 Å². The minimum atomic E-state index is -0.720. The smallest absolute Gasteiger partial charge is 0.329 e. The van der Waals surface area contributed by atoms with Gasteiger partial charge in [0.05, 0.1) is 0 Å². The zero-order valence-corrected chi connectivity index (χ0v) is 12.6. The molecule has 0 aliphatic rings. The van der Waals surface area contributed by atoms with Crippen LogP contribution in [0, 0.1) is 0 Å². The van der Waals surface area contributed by atoms with E-state index in [0.717, 1.165) is 22.3 Å². The van der Waals surface area contributed by atoms with Crippen LogP contribution in [0.5, 0.6) is 5.75 Å². The van der Waals surface area contributed by atoms with Gasteiger partial charge in [0.1, 0.15) is 17.4 Å². The highest BCUT2D eigenvalue weighted by molar-refractivity contribution is 7.80. The Balaban J connectivity index is 1.80. The van der Waals surface area contributed by atoms with Gasteiger partial charge in [-0.1, -0.05) is 0 Å². The number of H-pyrrole nitrogens is 1. The highest BCUT2D eigenvalue weighted by Crippen LogP contribution is 2.25. The fraction of sp³-hybridized carbons (Fsp3) is 0.125. The van der Waals surface area contributed by atoms with Crippen molar-refractivity contribution in [3.05, 3.63) is 48.7 Å². The van der Waals surface area contributed by atoms with Crippen LogP contribution in [0.25, 0.3) is 22.3 Å². The van der Waals surface area contributed by atoms with E-state index in [0.29, 0.717) is 5.75 Å². The van der Waals surface area contributed by atoms with Crippen molar-refractivity contribution >= 4 is 29.6 Å². The Morgan fingerprint density at radius 3 is 2.77 bits per heavy atom. The Labute approximate surface area is 132 Å². The van der Waals surface area contributed by atoms with Gasteiger partial charge in [-0.15, -0.1) is 0 Å². The maximum absolute atomic E-state index is 11.6. The molecule has 2 heterocycles. The van der Waals surface area contributed by atoms with Gasteiger partial charge >= 0.3 is 5.97 Å². The van der Waals surface area contributed by atoms with Gasteiger partial charge in [-0.05, 0) is 48.0 Å². The second-order valence-corrected chi connectivity index (χ2v) is 5.22. The summed E-state index contributed by atoms with van der Waals surface area (Å²) in [5, 5.41) is 1.05. The maximum Gasteiger partial charge on any atom is 0.329 e. The molecule has 6 heteroatoms. The molecule has 0 bridgehead atoms. The van der Waals surface area contributed by atoms with Crippen LogP contribution in [0.3, 0.4) is 0 Å². The molecule has 3 N–H and O–H groups in total. The molecule has 0 aliphatic heterocycles. The summed E-state index contributed by atoms with van der Waals surface area (Å²) in [5.41, 5.74) is 8.35. The third-order valence-corrected chi connectivity index (χ3v) is 3.67. The summed E-state index contributed by atoms with van der Waals surface area (Å²) in [6, 6.07) is 12.4. The van der Waals surface area contributed by atoms with Crippen molar-refractivity contribution in [1.82, 2.24) is 9.97 Å². The van der Waals surface area contributed by atoms with Crippen molar-refractivity contribution in [3.63, 3.8) is 0 Å². The monoisotopic (exact) mass is 313 g/mol. The standard InChI is InChI=1S/C16H15N3O2S/c17-13(9-22)16(20)21-12-5-3-10(4-6-12)14-8-11-2-1-7-18-15(11)19-14/h1-8,13,22H,9,17H2,(H,18,19)/t13-/m0/s1. The fourth-order valence-corrected chi connectivity index (χ4v) is 2.23. The summed E-state index contributed by atoms with van der Waals surface area (Å²) in [4.78, 5) is 19.1. The lowest BCUT2D eigenvalue weighted by molar-refractivity contribution is -0.135. The average Bonchev–Trinajstić information content (AvgIpc) is 2.98. The average molecular weight is 313 g/mol. The lowest BCUT2D eigenvalue weighted by Gasteiger charge is -2.08. The Morgan fingerprint density at radius 2 is 2.09 bits per heavy atom. The SMILES string of the molecule is N[C@@H](CS)C(=O)Oc1ccc(-c2cc3cccnc3[nH]2)cc1. The number of fused-ring (bicyclic) bond motifs is 1. The van der Waals surface area contributed by atoms with Gasteiger partial charge in [0.2, 0.25) is 0 Å². The first-order valence-corrected chi connectivity index (χ1v) is 7.43. The Hall–Kier alpha value is -2.31. The zero-order valence-electron chi connectivity index (χ0n) is 11.7. The number of nitrogens with two attached hydrogens (primary N) is 1. The number of aromatic amines is 1. The quantitative estimate of drug-likeness (QED) is 0.392. The molecule has 0 spiro atoms. The van der Waals surface area contributed by atoms with E-state index in [2.05, 4.69) is 22.6 Å². The number of aromatic nitrogens is 2. The van der Waals surface area contributed by atoms with Crippen LogP contribution >= 0.6 is 12.6 Å². The number of rotatable bonds is 4. The first-order valence-electron chi connectivity index (χ1n) is 6.79. The number of nitrogens with one attached hydrogen (secondary N) is 1. The zero-order chi connectivity index (χ0) is 15.5. The van der Waals surface area contributed by atoms with Gasteiger partial charge in [-0.3, -0.25) is 0 Å². The normalized spacial score (nSPS) is 12.3. The number of nitrogens with zero attached hydrogens (tertiary/aromatic N) is 1. The molecule has 0 radical (unpaired) electrons. The van der Waals surface area contributed by atoms with E-state index in [1.807, 2.05) is 30.3 Å². The van der Waals surface area contributed by atoms with Crippen molar-refractivity contribution in [3.8, 4) is 17.0 Å².